The van der Waals surface area contributed by atoms with Gasteiger partial charge in [-0.2, -0.15) is 5.10 Å². The maximum absolute atomic E-state index is 11.2. The summed E-state index contributed by atoms with van der Waals surface area (Å²) in [5.74, 6) is 0.594. The van der Waals surface area contributed by atoms with Crippen molar-refractivity contribution in [2.24, 2.45) is 0 Å². The average Bonchev–Trinajstić information content (AvgIpc) is 2.90. The smallest absolute Gasteiger partial charge is 0.221 e. The first-order valence-corrected chi connectivity index (χ1v) is 7.52. The second-order valence-electron chi connectivity index (χ2n) is 4.41. The van der Waals surface area contributed by atoms with Gasteiger partial charge in [-0.1, -0.05) is 11.8 Å². The van der Waals surface area contributed by atoms with Crippen molar-refractivity contribution in [1.29, 1.82) is 0 Å². The van der Waals surface area contributed by atoms with Gasteiger partial charge in [-0.25, -0.2) is 14.6 Å². The summed E-state index contributed by atoms with van der Waals surface area (Å²) in [6.07, 6.45) is 5.41. The van der Waals surface area contributed by atoms with Crippen LogP contribution in [0.25, 0.3) is 16.7 Å². The van der Waals surface area contributed by atoms with Crippen molar-refractivity contribution in [3.05, 3.63) is 36.7 Å². The fourth-order valence-electron chi connectivity index (χ4n) is 2.03. The molecule has 0 atom stereocenters. The van der Waals surface area contributed by atoms with Crippen LogP contribution in [0.3, 0.4) is 0 Å². The van der Waals surface area contributed by atoms with E-state index in [4.69, 9.17) is 0 Å². The molecule has 1 aromatic carbocycles. The Kier molecular flexibility index (Phi) is 3.57. The molecule has 0 unspecified atom stereocenters. The number of hydrogen-bond acceptors (Lipinski definition) is 5. The van der Waals surface area contributed by atoms with Crippen LogP contribution in [0.2, 0.25) is 0 Å². The first kappa shape index (κ1) is 13.6. The number of aromatic nitrogens is 4. The molecular weight excluding hydrogens is 286 g/mol. The number of benzene rings is 1. The predicted octanol–water partition coefficient (Wildman–Crippen LogP) is 2.50. The van der Waals surface area contributed by atoms with E-state index in [0.717, 1.165) is 16.6 Å². The summed E-state index contributed by atoms with van der Waals surface area (Å²) in [6, 6.07) is 7.45. The maximum Gasteiger partial charge on any atom is 0.221 e. The Labute approximate surface area is 125 Å². The monoisotopic (exact) mass is 299 g/mol. The van der Waals surface area contributed by atoms with Crippen LogP contribution in [-0.4, -0.2) is 31.9 Å². The van der Waals surface area contributed by atoms with Crippen molar-refractivity contribution in [2.45, 2.75) is 12.1 Å². The van der Waals surface area contributed by atoms with Crippen molar-refractivity contribution in [3.8, 4) is 5.82 Å². The number of thioether (sulfide) groups is 1. The van der Waals surface area contributed by atoms with E-state index < -0.39 is 0 Å². The molecule has 0 spiro atoms. The number of carbonyl (C=O) groups excluding carboxylic acids is 1. The normalized spacial score (nSPS) is 10.8. The lowest BCUT2D eigenvalue weighted by Gasteiger charge is -2.05. The zero-order chi connectivity index (χ0) is 14.8. The van der Waals surface area contributed by atoms with E-state index in [9.17, 15) is 4.79 Å². The van der Waals surface area contributed by atoms with E-state index in [1.807, 2.05) is 24.5 Å². The minimum Gasteiger partial charge on any atom is -0.326 e. The SMILES string of the molecule is CSc1nccc(-n2ncc3ccc(NC(C)=O)cc32)n1. The fourth-order valence-corrected chi connectivity index (χ4v) is 2.38. The lowest BCUT2D eigenvalue weighted by atomic mass is 10.2. The molecule has 2 heterocycles. The Balaban J connectivity index is 2.11. The van der Waals surface area contributed by atoms with Crippen LogP contribution in [0.1, 0.15) is 6.92 Å². The number of amides is 1. The number of anilines is 1. The lowest BCUT2D eigenvalue weighted by molar-refractivity contribution is -0.114. The molecule has 0 saturated carbocycles. The topological polar surface area (TPSA) is 72.7 Å². The van der Waals surface area contributed by atoms with Crippen LogP contribution in [0, 0.1) is 0 Å². The maximum atomic E-state index is 11.2. The Hall–Kier alpha value is -2.41. The van der Waals surface area contributed by atoms with Crippen LogP contribution < -0.4 is 5.32 Å². The van der Waals surface area contributed by atoms with Gasteiger partial charge in [-0.15, -0.1) is 0 Å². The average molecular weight is 299 g/mol. The van der Waals surface area contributed by atoms with Crippen molar-refractivity contribution in [2.75, 3.05) is 11.6 Å². The Bertz CT molecular complexity index is 814. The number of carbonyl (C=O) groups is 1. The highest BCUT2D eigenvalue weighted by Crippen LogP contribution is 2.22. The highest BCUT2D eigenvalue weighted by molar-refractivity contribution is 7.98. The molecule has 3 aromatic rings. The van der Waals surface area contributed by atoms with Crippen molar-refractivity contribution in [3.63, 3.8) is 0 Å². The summed E-state index contributed by atoms with van der Waals surface area (Å²) < 4.78 is 1.74. The third-order valence-corrected chi connectivity index (χ3v) is 3.47. The van der Waals surface area contributed by atoms with Crippen molar-refractivity contribution >= 4 is 34.3 Å². The molecule has 0 fully saturated rings. The van der Waals surface area contributed by atoms with Gasteiger partial charge in [0.25, 0.3) is 0 Å². The van der Waals surface area contributed by atoms with Crippen LogP contribution in [0.5, 0.6) is 0 Å². The van der Waals surface area contributed by atoms with Crippen LogP contribution >= 0.6 is 11.8 Å². The van der Waals surface area contributed by atoms with Gasteiger partial charge in [-0.05, 0) is 24.5 Å². The summed E-state index contributed by atoms with van der Waals surface area (Å²) in [4.78, 5) is 19.8. The number of fused-ring (bicyclic) bond motifs is 1. The number of rotatable bonds is 3. The zero-order valence-electron chi connectivity index (χ0n) is 11.6. The minimum atomic E-state index is -0.105. The van der Waals surface area contributed by atoms with Gasteiger partial charge < -0.3 is 5.32 Å². The van der Waals surface area contributed by atoms with E-state index in [-0.39, 0.29) is 5.91 Å². The lowest BCUT2D eigenvalue weighted by Crippen LogP contribution is -2.06. The van der Waals surface area contributed by atoms with Crippen molar-refractivity contribution in [1.82, 2.24) is 19.7 Å². The fraction of sp³-hybridized carbons (Fsp3) is 0.143. The van der Waals surface area contributed by atoms with Gasteiger partial charge >= 0.3 is 0 Å². The molecule has 3 rings (SSSR count). The molecule has 0 aliphatic carbocycles. The molecule has 6 nitrogen and oxygen atoms in total. The number of hydrogen-bond donors (Lipinski definition) is 1. The second-order valence-corrected chi connectivity index (χ2v) is 5.19. The summed E-state index contributed by atoms with van der Waals surface area (Å²) in [5.41, 5.74) is 1.61. The van der Waals surface area contributed by atoms with E-state index in [0.29, 0.717) is 11.0 Å². The molecule has 0 bridgehead atoms. The Morgan fingerprint density at radius 2 is 2.19 bits per heavy atom. The molecule has 2 aromatic heterocycles. The molecule has 1 N–H and O–H groups in total. The molecular formula is C14H13N5OS. The van der Waals surface area contributed by atoms with E-state index in [2.05, 4.69) is 20.4 Å². The van der Waals surface area contributed by atoms with Gasteiger partial charge in [-0.3, -0.25) is 4.79 Å². The molecule has 0 saturated heterocycles. The van der Waals surface area contributed by atoms with E-state index in [1.165, 1.54) is 18.7 Å². The summed E-state index contributed by atoms with van der Waals surface area (Å²) in [5, 5.41) is 8.81. The summed E-state index contributed by atoms with van der Waals surface area (Å²) in [6.45, 7) is 1.48. The van der Waals surface area contributed by atoms with Gasteiger partial charge in [0.15, 0.2) is 11.0 Å². The molecule has 0 aliphatic heterocycles. The molecule has 0 radical (unpaired) electrons. The standard InChI is InChI=1S/C14H13N5OS/c1-9(20)17-11-4-3-10-8-16-19(12(10)7-11)13-5-6-15-14(18-13)21-2/h3-8H,1-2H3,(H,17,20). The van der Waals surface area contributed by atoms with Gasteiger partial charge in [0.05, 0.1) is 11.7 Å². The third-order valence-electron chi connectivity index (χ3n) is 2.91. The zero-order valence-corrected chi connectivity index (χ0v) is 12.4. The highest BCUT2D eigenvalue weighted by atomic mass is 32.2. The number of nitrogens with one attached hydrogen (secondary N) is 1. The molecule has 1 amide bonds. The quantitative estimate of drug-likeness (QED) is 0.594. The Morgan fingerprint density at radius 1 is 1.33 bits per heavy atom. The van der Waals surface area contributed by atoms with E-state index >= 15 is 0 Å². The summed E-state index contributed by atoms with van der Waals surface area (Å²) in [7, 11) is 0. The molecule has 21 heavy (non-hydrogen) atoms. The van der Waals surface area contributed by atoms with E-state index in [1.54, 1.807) is 23.1 Å². The van der Waals surface area contributed by atoms with Crippen LogP contribution in [-0.2, 0) is 4.79 Å². The van der Waals surface area contributed by atoms with Crippen molar-refractivity contribution < 1.29 is 4.79 Å². The minimum absolute atomic E-state index is 0.105. The highest BCUT2D eigenvalue weighted by Gasteiger charge is 2.08. The van der Waals surface area contributed by atoms with Gasteiger partial charge in [0, 0.05) is 30.3 Å². The number of nitrogens with zero attached hydrogens (tertiary/aromatic N) is 4. The predicted molar refractivity (Wildman–Crippen MR) is 82.7 cm³/mol. The molecule has 106 valence electrons. The first-order chi connectivity index (χ1) is 10.2. The molecule has 0 aliphatic rings. The Morgan fingerprint density at radius 3 is 2.95 bits per heavy atom. The summed E-state index contributed by atoms with van der Waals surface area (Å²) >= 11 is 1.48. The second kappa shape index (κ2) is 5.53. The molecule has 7 heteroatoms. The van der Waals surface area contributed by atoms with Crippen LogP contribution in [0.4, 0.5) is 5.69 Å². The van der Waals surface area contributed by atoms with Gasteiger partial charge in [0.2, 0.25) is 5.91 Å². The third kappa shape index (κ3) is 2.73. The van der Waals surface area contributed by atoms with Gasteiger partial charge in [0.1, 0.15) is 0 Å². The van der Waals surface area contributed by atoms with Crippen LogP contribution in [0.15, 0.2) is 41.8 Å². The largest absolute Gasteiger partial charge is 0.326 e. The first-order valence-electron chi connectivity index (χ1n) is 6.30.